The zero-order valence-corrected chi connectivity index (χ0v) is 8.09. The second kappa shape index (κ2) is 4.51. The summed E-state index contributed by atoms with van der Waals surface area (Å²) in [5.74, 6) is 2.78. The minimum Gasteiger partial charge on any atom is -0.330 e. The van der Waals surface area contributed by atoms with Crippen molar-refractivity contribution in [1.82, 2.24) is 5.32 Å². The number of hydrogen-bond donors (Lipinski definition) is 2. The van der Waals surface area contributed by atoms with Crippen LogP contribution < -0.4 is 11.1 Å². The molecule has 0 radical (unpaired) electrons. The van der Waals surface area contributed by atoms with Gasteiger partial charge in [0.15, 0.2) is 0 Å². The normalized spacial score (nSPS) is 39.5. The first-order chi connectivity index (χ1) is 4.42. The molecule has 0 aromatic heterocycles. The van der Waals surface area contributed by atoms with E-state index in [1.54, 1.807) is 0 Å². The summed E-state index contributed by atoms with van der Waals surface area (Å²) in [6.07, 6.45) is 1.44. The van der Waals surface area contributed by atoms with E-state index in [0.717, 1.165) is 30.8 Å². The van der Waals surface area contributed by atoms with Crippen molar-refractivity contribution in [2.24, 2.45) is 23.5 Å². The van der Waals surface area contributed by atoms with Gasteiger partial charge in [0, 0.05) is 0 Å². The first-order valence-electron chi connectivity index (χ1n) is 3.82. The molecule has 0 aromatic rings. The zero-order valence-electron chi connectivity index (χ0n) is 6.45. The maximum Gasteiger partial charge on any atom is -0.000557 e. The van der Waals surface area contributed by atoms with Crippen LogP contribution in [-0.4, -0.2) is 19.6 Å². The molecule has 3 atom stereocenters. The fourth-order valence-corrected chi connectivity index (χ4v) is 1.95. The molecule has 68 valence electrons. The third kappa shape index (κ3) is 2.22. The third-order valence-corrected chi connectivity index (χ3v) is 2.70. The Labute approximate surface area is 80.1 Å². The van der Waals surface area contributed by atoms with Crippen molar-refractivity contribution < 1.29 is 0 Å². The average molecular weight is 199 g/mol. The number of hydrogen-bond acceptors (Lipinski definition) is 2. The van der Waals surface area contributed by atoms with Crippen molar-refractivity contribution in [3.8, 4) is 0 Å². The van der Waals surface area contributed by atoms with Crippen LogP contribution in [-0.2, 0) is 0 Å². The minimum atomic E-state index is 0. The molecule has 2 rings (SSSR count). The number of piperidine rings is 1. The monoisotopic (exact) mass is 198 g/mol. The van der Waals surface area contributed by atoms with E-state index < -0.39 is 0 Å². The van der Waals surface area contributed by atoms with Crippen LogP contribution in [0.2, 0.25) is 0 Å². The van der Waals surface area contributed by atoms with Crippen molar-refractivity contribution in [3.63, 3.8) is 0 Å². The lowest BCUT2D eigenvalue weighted by molar-refractivity contribution is 0.362. The molecule has 0 aromatic carbocycles. The van der Waals surface area contributed by atoms with Crippen LogP contribution in [0.3, 0.4) is 0 Å². The quantitative estimate of drug-likeness (QED) is 0.650. The fraction of sp³-hybridized carbons (Fsp3) is 1.00. The lowest BCUT2D eigenvalue weighted by Crippen LogP contribution is -2.35. The Hall–Kier alpha value is 0.500. The van der Waals surface area contributed by atoms with Gasteiger partial charge in [0.05, 0.1) is 0 Å². The van der Waals surface area contributed by atoms with Crippen LogP contribution in [0.4, 0.5) is 0 Å². The van der Waals surface area contributed by atoms with Crippen molar-refractivity contribution in [1.29, 1.82) is 0 Å². The van der Waals surface area contributed by atoms with Gasteiger partial charge in [-0.15, -0.1) is 24.8 Å². The van der Waals surface area contributed by atoms with E-state index in [9.17, 15) is 0 Å². The van der Waals surface area contributed by atoms with E-state index in [2.05, 4.69) is 5.32 Å². The molecule has 11 heavy (non-hydrogen) atoms. The van der Waals surface area contributed by atoms with Gasteiger partial charge in [-0.3, -0.25) is 0 Å². The largest absolute Gasteiger partial charge is 0.330 e. The highest BCUT2D eigenvalue weighted by molar-refractivity contribution is 5.85. The first-order valence-corrected chi connectivity index (χ1v) is 3.82. The van der Waals surface area contributed by atoms with Gasteiger partial charge in [0.1, 0.15) is 0 Å². The second-order valence-electron chi connectivity index (χ2n) is 3.31. The highest BCUT2D eigenvalue weighted by Crippen LogP contribution is 2.45. The summed E-state index contributed by atoms with van der Waals surface area (Å²) in [6.45, 7) is 3.30. The van der Waals surface area contributed by atoms with E-state index in [0.29, 0.717) is 0 Å². The Bertz CT molecular complexity index is 121. The van der Waals surface area contributed by atoms with Crippen LogP contribution in [0.25, 0.3) is 0 Å². The molecule has 4 heteroatoms. The number of nitrogens with two attached hydrogens (primary N) is 1. The van der Waals surface area contributed by atoms with E-state index in [1.165, 1.54) is 13.0 Å². The summed E-state index contributed by atoms with van der Waals surface area (Å²) >= 11 is 0. The summed E-state index contributed by atoms with van der Waals surface area (Å²) in [7, 11) is 0. The van der Waals surface area contributed by atoms with Gasteiger partial charge in [0.25, 0.3) is 0 Å². The molecule has 0 bridgehead atoms. The Morgan fingerprint density at radius 1 is 1.27 bits per heavy atom. The number of halogens is 2. The van der Waals surface area contributed by atoms with Crippen LogP contribution >= 0.6 is 24.8 Å². The fourth-order valence-electron chi connectivity index (χ4n) is 1.95. The molecule has 1 saturated heterocycles. The summed E-state index contributed by atoms with van der Waals surface area (Å²) < 4.78 is 0. The number of nitrogens with one attached hydrogen (secondary N) is 1. The number of fused-ring (bicyclic) bond motifs is 1. The molecule has 2 nitrogen and oxygen atoms in total. The van der Waals surface area contributed by atoms with E-state index in [4.69, 9.17) is 5.73 Å². The molecule has 3 unspecified atom stereocenters. The Morgan fingerprint density at radius 2 is 2.00 bits per heavy atom. The number of rotatable bonds is 1. The highest BCUT2D eigenvalue weighted by Gasteiger charge is 2.44. The molecular formula is C7H16Cl2N2. The van der Waals surface area contributed by atoms with Crippen molar-refractivity contribution in [2.45, 2.75) is 6.42 Å². The third-order valence-electron chi connectivity index (χ3n) is 2.70. The molecule has 0 spiro atoms. The highest BCUT2D eigenvalue weighted by atomic mass is 35.5. The first kappa shape index (κ1) is 11.5. The van der Waals surface area contributed by atoms with Crippen molar-refractivity contribution >= 4 is 24.8 Å². The molecule has 2 fully saturated rings. The Balaban J connectivity index is 0.000000500. The SMILES string of the molecule is Cl.Cl.NCC1CNCC2CC12. The zero-order chi connectivity index (χ0) is 6.27. The van der Waals surface area contributed by atoms with Crippen LogP contribution in [0.1, 0.15) is 6.42 Å². The van der Waals surface area contributed by atoms with Crippen LogP contribution in [0, 0.1) is 17.8 Å². The molecule has 0 amide bonds. The maximum absolute atomic E-state index is 5.58. The average Bonchev–Trinajstić information content (AvgIpc) is 2.64. The lowest BCUT2D eigenvalue weighted by Gasteiger charge is -2.20. The lowest BCUT2D eigenvalue weighted by atomic mass is 9.99. The summed E-state index contributed by atoms with van der Waals surface area (Å²) in [6, 6.07) is 0. The minimum absolute atomic E-state index is 0. The summed E-state index contributed by atoms with van der Waals surface area (Å²) in [4.78, 5) is 0. The molecule has 2 aliphatic rings. The van der Waals surface area contributed by atoms with Gasteiger partial charge in [-0.2, -0.15) is 0 Å². The second-order valence-corrected chi connectivity index (χ2v) is 3.31. The van der Waals surface area contributed by atoms with Crippen LogP contribution in [0.15, 0.2) is 0 Å². The van der Waals surface area contributed by atoms with Gasteiger partial charge in [-0.1, -0.05) is 0 Å². The summed E-state index contributed by atoms with van der Waals surface area (Å²) in [5.41, 5.74) is 5.58. The predicted molar refractivity (Wildman–Crippen MR) is 51.5 cm³/mol. The topological polar surface area (TPSA) is 38.0 Å². The predicted octanol–water partition coefficient (Wildman–Crippen LogP) is 0.644. The smallest absolute Gasteiger partial charge is 0.000557 e. The van der Waals surface area contributed by atoms with Gasteiger partial charge < -0.3 is 11.1 Å². The molecule has 1 aliphatic carbocycles. The van der Waals surface area contributed by atoms with Crippen molar-refractivity contribution in [3.05, 3.63) is 0 Å². The van der Waals surface area contributed by atoms with Gasteiger partial charge >= 0.3 is 0 Å². The molecular weight excluding hydrogens is 183 g/mol. The van der Waals surface area contributed by atoms with Crippen LogP contribution in [0.5, 0.6) is 0 Å². The summed E-state index contributed by atoms with van der Waals surface area (Å²) in [5, 5.41) is 3.40. The molecule has 1 saturated carbocycles. The van der Waals surface area contributed by atoms with E-state index in [1.807, 2.05) is 0 Å². The molecule has 3 N–H and O–H groups in total. The molecule has 1 aliphatic heterocycles. The van der Waals surface area contributed by atoms with Gasteiger partial charge in [0.2, 0.25) is 0 Å². The Kier molecular flexibility index (Phi) is 4.71. The van der Waals surface area contributed by atoms with E-state index in [-0.39, 0.29) is 24.8 Å². The van der Waals surface area contributed by atoms with Crippen molar-refractivity contribution in [2.75, 3.05) is 19.6 Å². The maximum atomic E-state index is 5.58. The van der Waals surface area contributed by atoms with E-state index >= 15 is 0 Å². The van der Waals surface area contributed by atoms with Gasteiger partial charge in [-0.25, -0.2) is 0 Å². The van der Waals surface area contributed by atoms with Gasteiger partial charge in [-0.05, 0) is 43.8 Å². The Morgan fingerprint density at radius 3 is 2.55 bits per heavy atom. The standard InChI is InChI=1S/C7H14N2.2ClH/c8-2-6-4-9-3-5-1-7(5)6;;/h5-7,9H,1-4,8H2;2*1H. The molecule has 1 heterocycles.